The number of aromatic nitrogens is 2. The van der Waals surface area contributed by atoms with Crippen LogP contribution in [0.1, 0.15) is 5.56 Å². The van der Waals surface area contributed by atoms with Gasteiger partial charge in [-0.05, 0) is 35.9 Å². The van der Waals surface area contributed by atoms with Crippen molar-refractivity contribution >= 4 is 11.0 Å². The molecular weight excluding hydrogens is 241 g/mol. The maximum Gasteiger partial charge on any atom is 0.123 e. The predicted octanol–water partition coefficient (Wildman–Crippen LogP) is 2.89. The second-order valence-electron chi connectivity index (χ2n) is 4.25. The molecule has 3 aromatic rings. The minimum absolute atomic E-state index is 0.284. The van der Waals surface area contributed by atoms with Gasteiger partial charge in [0.05, 0.1) is 16.7 Å². The lowest BCUT2D eigenvalue weighted by molar-refractivity contribution is 0.628. The fourth-order valence-corrected chi connectivity index (χ4v) is 2.08. The number of nitrogens with zero attached hydrogens (tertiary/aromatic N) is 2. The zero-order chi connectivity index (χ0) is 13.2. The molecular formula is C15H12FN3. The third-order valence-electron chi connectivity index (χ3n) is 2.98. The van der Waals surface area contributed by atoms with Crippen molar-refractivity contribution in [3.8, 4) is 11.3 Å². The first-order valence-corrected chi connectivity index (χ1v) is 5.98. The summed E-state index contributed by atoms with van der Waals surface area (Å²) >= 11 is 0. The maximum atomic E-state index is 13.3. The topological polar surface area (TPSA) is 51.8 Å². The highest BCUT2D eigenvalue weighted by Crippen LogP contribution is 2.25. The van der Waals surface area contributed by atoms with Crippen molar-refractivity contribution in [1.82, 2.24) is 9.97 Å². The van der Waals surface area contributed by atoms with Crippen molar-refractivity contribution in [2.24, 2.45) is 5.73 Å². The lowest BCUT2D eigenvalue weighted by Gasteiger charge is -2.09. The summed E-state index contributed by atoms with van der Waals surface area (Å²) in [6.45, 7) is 0.339. The molecule has 0 aliphatic carbocycles. The molecule has 0 amide bonds. The predicted molar refractivity (Wildman–Crippen MR) is 72.8 cm³/mol. The van der Waals surface area contributed by atoms with E-state index in [0.717, 1.165) is 22.2 Å². The summed E-state index contributed by atoms with van der Waals surface area (Å²) in [6, 6.07) is 12.0. The Kier molecular flexibility index (Phi) is 2.93. The van der Waals surface area contributed by atoms with E-state index in [-0.39, 0.29) is 5.82 Å². The van der Waals surface area contributed by atoms with Crippen LogP contribution >= 0.6 is 0 Å². The molecule has 0 saturated heterocycles. The maximum absolute atomic E-state index is 13.3. The van der Waals surface area contributed by atoms with Gasteiger partial charge in [0.2, 0.25) is 0 Å². The van der Waals surface area contributed by atoms with Crippen molar-refractivity contribution in [3.63, 3.8) is 0 Å². The molecule has 2 aromatic heterocycles. The van der Waals surface area contributed by atoms with E-state index in [0.29, 0.717) is 12.2 Å². The molecule has 0 aliphatic heterocycles. The molecule has 94 valence electrons. The van der Waals surface area contributed by atoms with Gasteiger partial charge in [0.25, 0.3) is 0 Å². The van der Waals surface area contributed by atoms with Gasteiger partial charge in [-0.3, -0.25) is 4.98 Å². The molecule has 3 rings (SSSR count). The van der Waals surface area contributed by atoms with Crippen LogP contribution in [0.25, 0.3) is 22.3 Å². The fourth-order valence-electron chi connectivity index (χ4n) is 2.08. The van der Waals surface area contributed by atoms with Crippen molar-refractivity contribution in [2.45, 2.75) is 6.54 Å². The minimum Gasteiger partial charge on any atom is -0.326 e. The first kappa shape index (κ1) is 11.7. The van der Waals surface area contributed by atoms with E-state index in [4.69, 9.17) is 5.73 Å². The summed E-state index contributed by atoms with van der Waals surface area (Å²) in [5.41, 5.74) is 9.62. The van der Waals surface area contributed by atoms with Gasteiger partial charge in [0.15, 0.2) is 0 Å². The minimum atomic E-state index is -0.284. The third-order valence-corrected chi connectivity index (χ3v) is 2.98. The summed E-state index contributed by atoms with van der Waals surface area (Å²) in [6.07, 6.45) is 1.71. The Balaban J connectivity index is 2.27. The average molecular weight is 253 g/mol. The molecule has 0 bridgehead atoms. The second kappa shape index (κ2) is 4.74. The second-order valence-corrected chi connectivity index (χ2v) is 4.25. The highest BCUT2D eigenvalue weighted by molar-refractivity contribution is 5.79. The average Bonchev–Trinajstić information content (AvgIpc) is 2.46. The molecule has 0 saturated carbocycles. The molecule has 3 nitrogen and oxygen atoms in total. The molecule has 0 radical (unpaired) electrons. The van der Waals surface area contributed by atoms with Crippen molar-refractivity contribution in [3.05, 3.63) is 60.0 Å². The highest BCUT2D eigenvalue weighted by atomic mass is 19.1. The van der Waals surface area contributed by atoms with Crippen LogP contribution in [0.5, 0.6) is 0 Å². The van der Waals surface area contributed by atoms with Gasteiger partial charge in [-0.25, -0.2) is 9.37 Å². The van der Waals surface area contributed by atoms with E-state index < -0.39 is 0 Å². The van der Waals surface area contributed by atoms with E-state index in [1.54, 1.807) is 12.3 Å². The molecule has 4 heteroatoms. The van der Waals surface area contributed by atoms with Crippen molar-refractivity contribution in [1.29, 1.82) is 0 Å². The number of benzene rings is 1. The standard InChI is InChI=1S/C15H12FN3/c16-12-4-1-3-10(7-12)15-11(9-17)8-14-13(19-15)5-2-6-18-14/h1-8H,9,17H2. The van der Waals surface area contributed by atoms with Gasteiger partial charge in [0.1, 0.15) is 5.82 Å². The van der Waals surface area contributed by atoms with Gasteiger partial charge >= 0.3 is 0 Å². The van der Waals surface area contributed by atoms with E-state index >= 15 is 0 Å². The molecule has 0 spiro atoms. The Morgan fingerprint density at radius 1 is 1.05 bits per heavy atom. The quantitative estimate of drug-likeness (QED) is 0.764. The summed E-state index contributed by atoms with van der Waals surface area (Å²) < 4.78 is 13.3. The monoisotopic (exact) mass is 253 g/mol. The first-order chi connectivity index (χ1) is 9.28. The Morgan fingerprint density at radius 2 is 1.95 bits per heavy atom. The first-order valence-electron chi connectivity index (χ1n) is 5.98. The van der Waals surface area contributed by atoms with Crippen LogP contribution < -0.4 is 5.73 Å². The van der Waals surface area contributed by atoms with Crippen LogP contribution in [-0.4, -0.2) is 9.97 Å². The molecule has 0 fully saturated rings. The SMILES string of the molecule is NCc1cc2ncccc2nc1-c1cccc(F)c1. The van der Waals surface area contributed by atoms with E-state index in [1.165, 1.54) is 12.1 Å². The van der Waals surface area contributed by atoms with Gasteiger partial charge in [-0.15, -0.1) is 0 Å². The van der Waals surface area contributed by atoms with E-state index in [1.807, 2.05) is 24.3 Å². The zero-order valence-corrected chi connectivity index (χ0v) is 10.2. The lowest BCUT2D eigenvalue weighted by atomic mass is 10.0. The van der Waals surface area contributed by atoms with Gasteiger partial charge < -0.3 is 5.73 Å². The van der Waals surface area contributed by atoms with Crippen molar-refractivity contribution in [2.75, 3.05) is 0 Å². The van der Waals surface area contributed by atoms with Gasteiger partial charge in [0, 0.05) is 18.3 Å². The smallest absolute Gasteiger partial charge is 0.123 e. The molecule has 2 heterocycles. The molecule has 19 heavy (non-hydrogen) atoms. The zero-order valence-electron chi connectivity index (χ0n) is 10.2. The van der Waals surface area contributed by atoms with E-state index in [2.05, 4.69) is 9.97 Å². The molecule has 0 aliphatic rings. The van der Waals surface area contributed by atoms with Crippen LogP contribution in [0.15, 0.2) is 48.7 Å². The van der Waals surface area contributed by atoms with Crippen LogP contribution in [0, 0.1) is 5.82 Å². The summed E-state index contributed by atoms with van der Waals surface area (Å²) in [4.78, 5) is 8.80. The third kappa shape index (κ3) is 2.18. The van der Waals surface area contributed by atoms with Crippen LogP contribution in [0.3, 0.4) is 0 Å². The number of hydrogen-bond acceptors (Lipinski definition) is 3. The Labute approximate surface area is 109 Å². The van der Waals surface area contributed by atoms with Crippen LogP contribution in [-0.2, 0) is 6.54 Å². The van der Waals surface area contributed by atoms with Crippen molar-refractivity contribution < 1.29 is 4.39 Å². The summed E-state index contributed by atoms with van der Waals surface area (Å²) in [7, 11) is 0. The summed E-state index contributed by atoms with van der Waals surface area (Å²) in [5, 5.41) is 0. The Bertz CT molecular complexity index is 740. The number of fused-ring (bicyclic) bond motifs is 1. The van der Waals surface area contributed by atoms with Gasteiger partial charge in [-0.2, -0.15) is 0 Å². The molecule has 0 unspecified atom stereocenters. The Morgan fingerprint density at radius 3 is 2.74 bits per heavy atom. The largest absolute Gasteiger partial charge is 0.326 e. The summed E-state index contributed by atoms with van der Waals surface area (Å²) in [5.74, 6) is -0.284. The molecule has 1 aromatic carbocycles. The number of hydrogen-bond donors (Lipinski definition) is 1. The Hall–Kier alpha value is -2.33. The lowest BCUT2D eigenvalue weighted by Crippen LogP contribution is -2.02. The fraction of sp³-hybridized carbons (Fsp3) is 0.0667. The molecule has 0 atom stereocenters. The number of rotatable bonds is 2. The van der Waals surface area contributed by atoms with E-state index in [9.17, 15) is 4.39 Å². The van der Waals surface area contributed by atoms with Gasteiger partial charge in [-0.1, -0.05) is 12.1 Å². The van der Waals surface area contributed by atoms with Crippen LogP contribution in [0.2, 0.25) is 0 Å². The molecule has 2 N–H and O–H groups in total. The highest BCUT2D eigenvalue weighted by Gasteiger charge is 2.09. The number of pyridine rings is 2. The number of nitrogens with two attached hydrogens (primary N) is 1. The van der Waals surface area contributed by atoms with Crippen LogP contribution in [0.4, 0.5) is 4.39 Å². The number of halogens is 1. The normalized spacial score (nSPS) is 10.8.